The van der Waals surface area contributed by atoms with Crippen molar-refractivity contribution in [1.82, 2.24) is 14.7 Å². The quantitative estimate of drug-likeness (QED) is 0.811. The van der Waals surface area contributed by atoms with E-state index in [2.05, 4.69) is 10.3 Å². The van der Waals surface area contributed by atoms with E-state index >= 15 is 0 Å². The molecule has 6 heteroatoms. The molecular weight excluding hydrogens is 270 g/mol. The zero-order valence-corrected chi connectivity index (χ0v) is 12.0. The number of imidazole rings is 1. The lowest BCUT2D eigenvalue weighted by Crippen LogP contribution is -2.37. The molecule has 0 aliphatic rings. The predicted molar refractivity (Wildman–Crippen MR) is 78.0 cm³/mol. The van der Waals surface area contributed by atoms with Gasteiger partial charge in [0, 0.05) is 18.4 Å². The van der Waals surface area contributed by atoms with Gasteiger partial charge >= 0.3 is 5.97 Å². The van der Waals surface area contributed by atoms with E-state index in [1.54, 1.807) is 6.20 Å². The summed E-state index contributed by atoms with van der Waals surface area (Å²) in [5, 5.41) is 11.6. The van der Waals surface area contributed by atoms with Gasteiger partial charge in [-0.2, -0.15) is 0 Å². The molecule has 1 unspecified atom stereocenters. The molecule has 1 amide bonds. The first kappa shape index (κ1) is 15.0. The summed E-state index contributed by atoms with van der Waals surface area (Å²) in [5.41, 5.74) is 1.46. The van der Waals surface area contributed by atoms with E-state index in [1.807, 2.05) is 35.7 Å². The van der Waals surface area contributed by atoms with Crippen LogP contribution < -0.4 is 5.32 Å². The van der Waals surface area contributed by atoms with E-state index in [1.165, 1.54) is 0 Å². The second-order valence-corrected chi connectivity index (χ2v) is 5.03. The van der Waals surface area contributed by atoms with Crippen LogP contribution in [-0.2, 0) is 16.0 Å². The van der Waals surface area contributed by atoms with Crippen LogP contribution in [-0.4, -0.2) is 32.4 Å². The lowest BCUT2D eigenvalue weighted by molar-refractivity contribution is -0.137. The van der Waals surface area contributed by atoms with Gasteiger partial charge in [0.2, 0.25) is 5.91 Å². The predicted octanol–water partition coefficient (Wildman–Crippen LogP) is 1.64. The van der Waals surface area contributed by atoms with Gasteiger partial charge in [0.05, 0.1) is 18.5 Å². The first-order chi connectivity index (χ1) is 10.1. The van der Waals surface area contributed by atoms with E-state index < -0.39 is 5.97 Å². The number of carbonyl (C=O) groups excluding carboxylic acids is 1. The van der Waals surface area contributed by atoms with Gasteiger partial charge in [0.1, 0.15) is 5.65 Å². The molecule has 0 aliphatic carbocycles. The number of carboxylic acid groups (broad SMARTS) is 1. The number of pyridine rings is 1. The second-order valence-electron chi connectivity index (χ2n) is 5.03. The number of rotatable bonds is 7. The van der Waals surface area contributed by atoms with Crippen LogP contribution in [0.3, 0.4) is 0 Å². The fourth-order valence-electron chi connectivity index (χ4n) is 2.30. The second kappa shape index (κ2) is 6.88. The molecule has 0 saturated heterocycles. The Balaban J connectivity index is 1.97. The molecule has 2 heterocycles. The zero-order valence-electron chi connectivity index (χ0n) is 12.0. The maximum absolute atomic E-state index is 12.0. The van der Waals surface area contributed by atoms with Crippen LogP contribution in [0.25, 0.3) is 5.65 Å². The highest BCUT2D eigenvalue weighted by molar-refractivity contribution is 5.79. The van der Waals surface area contributed by atoms with Crippen LogP contribution in [0, 0.1) is 0 Å². The van der Waals surface area contributed by atoms with Gasteiger partial charge in [-0.05, 0) is 18.6 Å². The summed E-state index contributed by atoms with van der Waals surface area (Å²) in [4.78, 5) is 27.1. The fourth-order valence-corrected chi connectivity index (χ4v) is 2.30. The molecular formula is C15H19N3O3. The molecule has 2 rings (SSSR count). The summed E-state index contributed by atoms with van der Waals surface area (Å²) in [7, 11) is 0. The number of hydrogen-bond donors (Lipinski definition) is 2. The lowest BCUT2D eigenvalue weighted by atomic mass is 10.1. The Bertz CT molecular complexity index is 603. The van der Waals surface area contributed by atoms with Crippen molar-refractivity contribution >= 4 is 17.5 Å². The Morgan fingerprint density at radius 2 is 2.24 bits per heavy atom. The maximum Gasteiger partial charge on any atom is 0.305 e. The Hall–Kier alpha value is -2.37. The molecule has 0 bridgehead atoms. The number of hydrogen-bond acceptors (Lipinski definition) is 3. The van der Waals surface area contributed by atoms with Crippen molar-refractivity contribution in [2.75, 3.05) is 0 Å². The van der Waals surface area contributed by atoms with Gasteiger partial charge in [-0.3, -0.25) is 9.59 Å². The minimum Gasteiger partial charge on any atom is -0.481 e. The zero-order chi connectivity index (χ0) is 15.2. The summed E-state index contributed by atoms with van der Waals surface area (Å²) in [6.45, 7) is 1.96. The minimum absolute atomic E-state index is 0.0508. The lowest BCUT2D eigenvalue weighted by Gasteiger charge is -2.15. The van der Waals surface area contributed by atoms with Crippen LogP contribution in [0.1, 0.15) is 31.9 Å². The third-order valence-corrected chi connectivity index (χ3v) is 3.18. The van der Waals surface area contributed by atoms with Crippen LogP contribution >= 0.6 is 0 Å². The Morgan fingerprint density at radius 3 is 2.90 bits per heavy atom. The molecule has 2 aromatic heterocycles. The van der Waals surface area contributed by atoms with E-state index in [0.29, 0.717) is 12.1 Å². The van der Waals surface area contributed by atoms with Crippen molar-refractivity contribution in [2.45, 2.75) is 38.6 Å². The van der Waals surface area contributed by atoms with Crippen LogP contribution in [0.2, 0.25) is 0 Å². The highest BCUT2D eigenvalue weighted by atomic mass is 16.4. The molecule has 1 atom stereocenters. The van der Waals surface area contributed by atoms with Gasteiger partial charge in [-0.15, -0.1) is 0 Å². The van der Waals surface area contributed by atoms with Crippen LogP contribution in [0.5, 0.6) is 0 Å². The van der Waals surface area contributed by atoms with Crippen molar-refractivity contribution in [3.63, 3.8) is 0 Å². The summed E-state index contributed by atoms with van der Waals surface area (Å²) in [6, 6.07) is 5.32. The third kappa shape index (κ3) is 4.30. The number of nitrogens with one attached hydrogen (secondary N) is 1. The maximum atomic E-state index is 12.0. The largest absolute Gasteiger partial charge is 0.481 e. The van der Waals surface area contributed by atoms with Crippen molar-refractivity contribution < 1.29 is 14.7 Å². The number of carboxylic acids is 1. The SMILES string of the molecule is CCCC(CC(=O)O)NC(=O)Cc1cn2ccccc2n1. The molecule has 21 heavy (non-hydrogen) atoms. The van der Waals surface area contributed by atoms with Crippen molar-refractivity contribution in [3.8, 4) is 0 Å². The molecule has 2 N–H and O–H groups in total. The van der Waals surface area contributed by atoms with Crippen molar-refractivity contribution in [3.05, 3.63) is 36.3 Å². The Labute approximate surface area is 122 Å². The monoisotopic (exact) mass is 289 g/mol. The standard InChI is InChI=1S/C15H19N3O3/c1-2-5-11(9-15(20)21)17-14(19)8-12-10-18-7-4-3-6-13(18)16-12/h3-4,6-7,10-11H,2,5,8-9H2,1H3,(H,17,19)(H,20,21). The first-order valence-electron chi connectivity index (χ1n) is 7.02. The van der Waals surface area contributed by atoms with Gasteiger partial charge in [0.15, 0.2) is 0 Å². The average molecular weight is 289 g/mol. The van der Waals surface area contributed by atoms with E-state index in [9.17, 15) is 9.59 Å². The summed E-state index contributed by atoms with van der Waals surface area (Å²) in [5.74, 6) is -1.10. The highest BCUT2D eigenvalue weighted by Gasteiger charge is 2.16. The highest BCUT2D eigenvalue weighted by Crippen LogP contribution is 2.06. The van der Waals surface area contributed by atoms with E-state index in [0.717, 1.165) is 12.1 Å². The van der Waals surface area contributed by atoms with Crippen LogP contribution in [0.15, 0.2) is 30.6 Å². The number of fused-ring (bicyclic) bond motifs is 1. The number of nitrogens with zero attached hydrogens (tertiary/aromatic N) is 2. The topological polar surface area (TPSA) is 83.7 Å². The van der Waals surface area contributed by atoms with Gasteiger partial charge in [0.25, 0.3) is 0 Å². The first-order valence-corrected chi connectivity index (χ1v) is 7.02. The Morgan fingerprint density at radius 1 is 1.43 bits per heavy atom. The van der Waals surface area contributed by atoms with Gasteiger partial charge < -0.3 is 14.8 Å². The third-order valence-electron chi connectivity index (χ3n) is 3.18. The molecule has 0 spiro atoms. The summed E-state index contributed by atoms with van der Waals surface area (Å²) in [6.07, 6.45) is 5.26. The molecule has 0 aromatic carbocycles. The molecule has 0 aliphatic heterocycles. The van der Waals surface area contributed by atoms with E-state index in [-0.39, 0.29) is 24.8 Å². The number of carbonyl (C=O) groups is 2. The number of aliphatic carboxylic acids is 1. The average Bonchev–Trinajstić information content (AvgIpc) is 2.79. The normalized spacial score (nSPS) is 12.2. The number of aromatic nitrogens is 2. The minimum atomic E-state index is -0.901. The molecule has 0 saturated carbocycles. The molecule has 6 nitrogen and oxygen atoms in total. The van der Waals surface area contributed by atoms with E-state index in [4.69, 9.17) is 5.11 Å². The van der Waals surface area contributed by atoms with Crippen molar-refractivity contribution in [2.24, 2.45) is 0 Å². The molecule has 0 radical (unpaired) electrons. The smallest absolute Gasteiger partial charge is 0.305 e. The Kier molecular flexibility index (Phi) is 4.92. The molecule has 2 aromatic rings. The van der Waals surface area contributed by atoms with Gasteiger partial charge in [-0.25, -0.2) is 4.98 Å². The fraction of sp³-hybridized carbons (Fsp3) is 0.400. The molecule has 0 fully saturated rings. The van der Waals surface area contributed by atoms with Crippen LogP contribution in [0.4, 0.5) is 0 Å². The summed E-state index contributed by atoms with van der Waals surface area (Å²) < 4.78 is 1.85. The molecule has 112 valence electrons. The van der Waals surface area contributed by atoms with Gasteiger partial charge in [-0.1, -0.05) is 19.4 Å². The van der Waals surface area contributed by atoms with Crippen molar-refractivity contribution in [1.29, 1.82) is 0 Å². The summed E-state index contributed by atoms with van der Waals surface area (Å²) >= 11 is 0. The number of amides is 1.